The first-order chi connectivity index (χ1) is 6.96. The number of carbonyl (C=O) groups excluding carboxylic acids is 1. The molecule has 0 aliphatic rings. The first-order valence-corrected chi connectivity index (χ1v) is 4.75. The van der Waals surface area contributed by atoms with E-state index in [2.05, 4.69) is 16.2 Å². The van der Waals surface area contributed by atoms with E-state index in [0.29, 0.717) is 5.56 Å². The summed E-state index contributed by atoms with van der Waals surface area (Å²) in [5.41, 5.74) is -0.376. The van der Waals surface area contributed by atoms with Crippen LogP contribution in [-0.2, 0) is 0 Å². The predicted molar refractivity (Wildman–Crippen MR) is 59.6 cm³/mol. The van der Waals surface area contributed by atoms with Crippen LogP contribution in [-0.4, -0.2) is 16.4 Å². The van der Waals surface area contributed by atoms with Crippen molar-refractivity contribution in [3.63, 3.8) is 0 Å². The van der Waals surface area contributed by atoms with E-state index in [1.165, 1.54) is 6.20 Å². The summed E-state index contributed by atoms with van der Waals surface area (Å²) in [6.45, 7) is 3.46. The van der Waals surface area contributed by atoms with Crippen LogP contribution in [0.1, 0.15) is 24.2 Å². The molecule has 1 N–H and O–H groups in total. The van der Waals surface area contributed by atoms with Crippen LogP contribution in [0, 0.1) is 12.3 Å². The zero-order chi connectivity index (χ0) is 11.5. The highest BCUT2D eigenvalue weighted by atomic mass is 35.5. The molecule has 0 fully saturated rings. The van der Waals surface area contributed by atoms with Gasteiger partial charge in [-0.05, 0) is 26.0 Å². The third kappa shape index (κ3) is 2.97. The van der Waals surface area contributed by atoms with Crippen LogP contribution in [0.15, 0.2) is 18.3 Å². The molecule has 1 heterocycles. The van der Waals surface area contributed by atoms with Crippen LogP contribution in [0.4, 0.5) is 0 Å². The molecular weight excluding hydrogens is 212 g/mol. The molecule has 0 saturated heterocycles. The molecule has 1 aromatic rings. The van der Waals surface area contributed by atoms with Gasteiger partial charge in [-0.2, -0.15) is 0 Å². The lowest BCUT2D eigenvalue weighted by Gasteiger charge is -2.19. The van der Waals surface area contributed by atoms with Crippen LogP contribution < -0.4 is 5.32 Å². The van der Waals surface area contributed by atoms with Gasteiger partial charge in [0.15, 0.2) is 0 Å². The maximum atomic E-state index is 11.7. The highest BCUT2D eigenvalue weighted by molar-refractivity contribution is 6.32. The van der Waals surface area contributed by atoms with E-state index in [1.54, 1.807) is 26.0 Å². The summed E-state index contributed by atoms with van der Waals surface area (Å²) in [6.07, 6.45) is 6.78. The van der Waals surface area contributed by atoms with Crippen molar-refractivity contribution >= 4 is 17.5 Å². The van der Waals surface area contributed by atoms with E-state index in [-0.39, 0.29) is 11.1 Å². The zero-order valence-electron chi connectivity index (χ0n) is 8.54. The number of pyridine rings is 1. The van der Waals surface area contributed by atoms with Gasteiger partial charge in [0, 0.05) is 6.20 Å². The normalized spacial score (nSPS) is 10.5. The monoisotopic (exact) mass is 222 g/mol. The van der Waals surface area contributed by atoms with Crippen molar-refractivity contribution in [3.8, 4) is 12.3 Å². The predicted octanol–water partition coefficient (Wildman–Crippen LogP) is 1.88. The molecule has 1 aromatic heterocycles. The minimum Gasteiger partial charge on any atom is -0.336 e. The molecule has 0 aliphatic heterocycles. The van der Waals surface area contributed by atoms with Crippen LogP contribution in [0.3, 0.4) is 0 Å². The second-order valence-corrected chi connectivity index (χ2v) is 3.92. The summed E-state index contributed by atoms with van der Waals surface area (Å²) in [6, 6.07) is 3.24. The lowest BCUT2D eigenvalue weighted by atomic mass is 10.1. The smallest absolute Gasteiger partial charge is 0.255 e. The maximum Gasteiger partial charge on any atom is 0.255 e. The molecule has 0 aliphatic carbocycles. The fourth-order valence-corrected chi connectivity index (χ4v) is 1.15. The lowest BCUT2D eigenvalue weighted by Crippen LogP contribution is -2.42. The van der Waals surface area contributed by atoms with E-state index < -0.39 is 5.54 Å². The van der Waals surface area contributed by atoms with E-state index in [9.17, 15) is 4.79 Å². The molecule has 0 aromatic carbocycles. The number of terminal acetylenes is 1. The quantitative estimate of drug-likeness (QED) is 0.613. The Balaban J connectivity index is 2.89. The van der Waals surface area contributed by atoms with Crippen molar-refractivity contribution in [1.29, 1.82) is 0 Å². The molecule has 4 heteroatoms. The number of amides is 1. The summed E-state index contributed by atoms with van der Waals surface area (Å²) in [5, 5.41) is 2.83. The van der Waals surface area contributed by atoms with Gasteiger partial charge in [-0.1, -0.05) is 17.5 Å². The Labute approximate surface area is 93.9 Å². The highest BCUT2D eigenvalue weighted by Gasteiger charge is 2.19. The Morgan fingerprint density at radius 1 is 1.67 bits per heavy atom. The van der Waals surface area contributed by atoms with Crippen molar-refractivity contribution < 1.29 is 4.79 Å². The Hall–Kier alpha value is -1.53. The fourth-order valence-electron chi connectivity index (χ4n) is 0.943. The standard InChI is InChI=1S/C11H11ClN2O/c1-4-11(2,3)14-10(15)8-6-5-7-13-9(8)12/h1,5-7H,2-3H3,(H,14,15). The van der Waals surface area contributed by atoms with Crippen molar-refractivity contribution in [1.82, 2.24) is 10.3 Å². The number of aromatic nitrogens is 1. The minimum atomic E-state index is -0.698. The van der Waals surface area contributed by atoms with Gasteiger partial charge in [-0.3, -0.25) is 4.79 Å². The molecule has 0 spiro atoms. The lowest BCUT2D eigenvalue weighted by molar-refractivity contribution is 0.0929. The Morgan fingerprint density at radius 2 is 2.33 bits per heavy atom. The van der Waals surface area contributed by atoms with Crippen molar-refractivity contribution in [3.05, 3.63) is 29.0 Å². The number of halogens is 1. The molecule has 15 heavy (non-hydrogen) atoms. The number of hydrogen-bond donors (Lipinski definition) is 1. The van der Waals surface area contributed by atoms with Gasteiger partial charge in [0.05, 0.1) is 11.1 Å². The topological polar surface area (TPSA) is 42.0 Å². The van der Waals surface area contributed by atoms with E-state index in [4.69, 9.17) is 18.0 Å². The van der Waals surface area contributed by atoms with Crippen LogP contribution in [0.2, 0.25) is 5.15 Å². The number of rotatable bonds is 2. The molecule has 0 atom stereocenters. The molecule has 0 bridgehead atoms. The molecule has 0 radical (unpaired) electrons. The van der Waals surface area contributed by atoms with Crippen molar-refractivity contribution in [2.24, 2.45) is 0 Å². The van der Waals surface area contributed by atoms with Crippen LogP contribution in [0.25, 0.3) is 0 Å². The molecule has 3 nitrogen and oxygen atoms in total. The summed E-state index contributed by atoms with van der Waals surface area (Å²) in [4.78, 5) is 15.5. The number of nitrogens with zero attached hydrogens (tertiary/aromatic N) is 1. The van der Waals surface area contributed by atoms with Crippen molar-refractivity contribution in [2.75, 3.05) is 0 Å². The van der Waals surface area contributed by atoms with Crippen LogP contribution >= 0.6 is 11.6 Å². The number of hydrogen-bond acceptors (Lipinski definition) is 2. The molecule has 0 saturated carbocycles. The summed E-state index contributed by atoms with van der Waals surface area (Å²) in [7, 11) is 0. The minimum absolute atomic E-state index is 0.169. The molecular formula is C11H11ClN2O. The van der Waals surface area contributed by atoms with Gasteiger partial charge >= 0.3 is 0 Å². The van der Waals surface area contributed by atoms with Gasteiger partial charge in [-0.15, -0.1) is 6.42 Å². The third-order valence-corrected chi connectivity index (χ3v) is 2.09. The molecule has 1 amide bonds. The van der Waals surface area contributed by atoms with E-state index >= 15 is 0 Å². The van der Waals surface area contributed by atoms with Crippen molar-refractivity contribution in [2.45, 2.75) is 19.4 Å². The van der Waals surface area contributed by atoms with Gasteiger partial charge < -0.3 is 5.32 Å². The SMILES string of the molecule is C#CC(C)(C)NC(=O)c1cccnc1Cl. The first-order valence-electron chi connectivity index (χ1n) is 4.37. The van der Waals surface area contributed by atoms with Gasteiger partial charge in [0.25, 0.3) is 5.91 Å². The fraction of sp³-hybridized carbons (Fsp3) is 0.273. The Morgan fingerprint density at radius 3 is 2.87 bits per heavy atom. The number of nitrogens with one attached hydrogen (secondary N) is 1. The number of carbonyl (C=O) groups is 1. The Bertz CT molecular complexity index is 421. The van der Waals surface area contributed by atoms with Gasteiger partial charge in [0.1, 0.15) is 5.15 Å². The summed E-state index contributed by atoms with van der Waals surface area (Å²) >= 11 is 5.77. The zero-order valence-corrected chi connectivity index (χ0v) is 9.30. The molecule has 1 rings (SSSR count). The first kappa shape index (κ1) is 11.5. The maximum absolute atomic E-state index is 11.7. The van der Waals surface area contributed by atoms with E-state index in [1.807, 2.05) is 0 Å². The summed E-state index contributed by atoms with van der Waals surface area (Å²) < 4.78 is 0. The second kappa shape index (κ2) is 4.33. The molecule has 78 valence electrons. The van der Waals surface area contributed by atoms with E-state index in [0.717, 1.165) is 0 Å². The van der Waals surface area contributed by atoms with Crippen LogP contribution in [0.5, 0.6) is 0 Å². The highest BCUT2D eigenvalue weighted by Crippen LogP contribution is 2.12. The summed E-state index contributed by atoms with van der Waals surface area (Å²) in [5.74, 6) is 2.14. The molecule has 0 unspecified atom stereocenters. The Kier molecular flexibility index (Phi) is 3.33. The average molecular weight is 223 g/mol. The second-order valence-electron chi connectivity index (χ2n) is 3.57. The van der Waals surface area contributed by atoms with Gasteiger partial charge in [0.2, 0.25) is 0 Å². The van der Waals surface area contributed by atoms with Gasteiger partial charge in [-0.25, -0.2) is 4.98 Å². The largest absolute Gasteiger partial charge is 0.336 e. The third-order valence-electron chi connectivity index (χ3n) is 1.79. The average Bonchev–Trinajstić information content (AvgIpc) is 2.17.